The summed E-state index contributed by atoms with van der Waals surface area (Å²) >= 11 is 0. The second-order valence-electron chi connectivity index (χ2n) is 5.69. The van der Waals surface area contributed by atoms with E-state index in [1.807, 2.05) is 35.2 Å². The van der Waals surface area contributed by atoms with Crippen molar-refractivity contribution in [3.63, 3.8) is 0 Å². The first kappa shape index (κ1) is 15.5. The third kappa shape index (κ3) is 3.82. The molecular weight excluding hydrogens is 268 g/mol. The first-order valence-electron chi connectivity index (χ1n) is 7.36. The number of carboxylic acids is 1. The zero-order chi connectivity index (χ0) is 15.3. The Labute approximate surface area is 125 Å². The van der Waals surface area contributed by atoms with Crippen LogP contribution in [0.25, 0.3) is 0 Å². The predicted molar refractivity (Wildman–Crippen MR) is 81.2 cm³/mol. The maximum atomic E-state index is 12.0. The number of rotatable bonds is 5. The van der Waals surface area contributed by atoms with Gasteiger partial charge in [-0.05, 0) is 44.9 Å². The summed E-state index contributed by atoms with van der Waals surface area (Å²) in [6.45, 7) is 2.96. The lowest BCUT2D eigenvalue weighted by Gasteiger charge is -2.41. The number of carboxylic acid groups (broad SMARTS) is 1. The third-order valence-corrected chi connectivity index (χ3v) is 4.17. The quantitative estimate of drug-likeness (QED) is 0.873. The summed E-state index contributed by atoms with van der Waals surface area (Å²) in [5.41, 5.74) is -0.0761. The van der Waals surface area contributed by atoms with Crippen LogP contribution in [0.3, 0.4) is 0 Å². The molecule has 0 bridgehead atoms. The second kappa shape index (κ2) is 6.72. The molecule has 5 heteroatoms. The number of aliphatic carboxylic acids is 1. The number of nitrogens with zero attached hydrogens (tertiary/aromatic N) is 1. The minimum absolute atomic E-state index is 0.0838. The van der Waals surface area contributed by atoms with E-state index in [0.29, 0.717) is 19.4 Å². The number of nitrogens with one attached hydrogen (secondary N) is 1. The topological polar surface area (TPSA) is 69.6 Å². The Hall–Kier alpha value is -1.88. The van der Waals surface area contributed by atoms with Crippen LogP contribution < -0.4 is 5.32 Å². The normalized spacial score (nSPS) is 22.7. The van der Waals surface area contributed by atoms with E-state index in [-0.39, 0.29) is 5.91 Å². The number of hydrogen-bond acceptors (Lipinski definition) is 3. The fourth-order valence-corrected chi connectivity index (χ4v) is 2.76. The zero-order valence-corrected chi connectivity index (χ0v) is 12.3. The maximum Gasteiger partial charge on any atom is 0.323 e. The predicted octanol–water partition coefficient (Wildman–Crippen LogP) is 2.34. The van der Waals surface area contributed by atoms with Crippen LogP contribution in [0.1, 0.15) is 32.6 Å². The van der Waals surface area contributed by atoms with Crippen LogP contribution in [0.5, 0.6) is 0 Å². The average Bonchev–Trinajstić information content (AvgIpc) is 2.47. The lowest BCUT2D eigenvalue weighted by molar-refractivity contribution is -0.153. The van der Waals surface area contributed by atoms with Gasteiger partial charge < -0.3 is 10.4 Å². The molecule has 1 saturated heterocycles. The Balaban J connectivity index is 1.89. The Kier molecular flexibility index (Phi) is 4.96. The van der Waals surface area contributed by atoms with Crippen molar-refractivity contribution in [1.82, 2.24) is 4.90 Å². The van der Waals surface area contributed by atoms with E-state index in [2.05, 4.69) is 5.32 Å². The van der Waals surface area contributed by atoms with Crippen LogP contribution >= 0.6 is 0 Å². The van der Waals surface area contributed by atoms with Gasteiger partial charge in [-0.2, -0.15) is 0 Å². The van der Waals surface area contributed by atoms with Crippen molar-refractivity contribution in [1.29, 1.82) is 0 Å². The SMILES string of the molecule is CC1(C(=O)O)CCCCN1CCC(=O)Nc1ccccc1. The standard InChI is InChI=1S/C16H22N2O3/c1-16(15(20)21)10-5-6-11-18(16)12-9-14(19)17-13-7-3-2-4-8-13/h2-4,7-8H,5-6,9-12H2,1H3,(H,17,19)(H,20,21). The van der Waals surface area contributed by atoms with Crippen molar-refractivity contribution < 1.29 is 14.7 Å². The van der Waals surface area contributed by atoms with Gasteiger partial charge in [0.25, 0.3) is 0 Å². The molecule has 1 unspecified atom stereocenters. The molecule has 1 atom stereocenters. The molecule has 2 rings (SSSR count). The first-order chi connectivity index (χ1) is 10.0. The molecule has 2 N–H and O–H groups in total. The molecule has 1 aromatic rings. The maximum absolute atomic E-state index is 12.0. The van der Waals surface area contributed by atoms with Crippen molar-refractivity contribution in [2.45, 2.75) is 38.1 Å². The minimum Gasteiger partial charge on any atom is -0.480 e. The van der Waals surface area contributed by atoms with Crippen molar-refractivity contribution >= 4 is 17.6 Å². The van der Waals surface area contributed by atoms with Crippen LogP contribution in [-0.4, -0.2) is 40.5 Å². The number of carbonyl (C=O) groups is 2. The van der Waals surface area contributed by atoms with E-state index >= 15 is 0 Å². The Morgan fingerprint density at radius 2 is 2.00 bits per heavy atom. The van der Waals surface area contributed by atoms with Gasteiger partial charge in [0.05, 0.1) is 0 Å². The highest BCUT2D eigenvalue weighted by Gasteiger charge is 2.41. The number of piperidine rings is 1. The van der Waals surface area contributed by atoms with Crippen molar-refractivity contribution in [3.05, 3.63) is 30.3 Å². The summed E-state index contributed by atoms with van der Waals surface area (Å²) in [6, 6.07) is 9.28. The van der Waals surface area contributed by atoms with Crippen molar-refractivity contribution in [3.8, 4) is 0 Å². The zero-order valence-electron chi connectivity index (χ0n) is 12.3. The largest absolute Gasteiger partial charge is 0.480 e. The molecule has 1 aliphatic heterocycles. The van der Waals surface area contributed by atoms with E-state index in [4.69, 9.17) is 0 Å². The van der Waals surface area contributed by atoms with Gasteiger partial charge in [-0.15, -0.1) is 0 Å². The molecule has 1 fully saturated rings. The fourth-order valence-electron chi connectivity index (χ4n) is 2.76. The van der Waals surface area contributed by atoms with E-state index in [0.717, 1.165) is 25.1 Å². The van der Waals surface area contributed by atoms with Crippen LogP contribution in [0.15, 0.2) is 30.3 Å². The molecule has 1 heterocycles. The summed E-state index contributed by atoms with van der Waals surface area (Å²) in [5, 5.41) is 12.3. The summed E-state index contributed by atoms with van der Waals surface area (Å²) < 4.78 is 0. The van der Waals surface area contributed by atoms with Crippen LogP contribution in [-0.2, 0) is 9.59 Å². The van der Waals surface area contributed by atoms with Gasteiger partial charge in [-0.25, -0.2) is 0 Å². The van der Waals surface area contributed by atoms with E-state index in [9.17, 15) is 14.7 Å². The molecule has 1 amide bonds. The van der Waals surface area contributed by atoms with E-state index in [1.165, 1.54) is 0 Å². The highest BCUT2D eigenvalue weighted by atomic mass is 16.4. The highest BCUT2D eigenvalue weighted by Crippen LogP contribution is 2.28. The molecule has 0 radical (unpaired) electrons. The Bertz CT molecular complexity index is 504. The molecule has 1 aliphatic rings. The van der Waals surface area contributed by atoms with Gasteiger partial charge in [0.1, 0.15) is 5.54 Å². The highest BCUT2D eigenvalue weighted by molar-refractivity contribution is 5.90. The Morgan fingerprint density at radius 3 is 2.67 bits per heavy atom. The van der Waals surface area contributed by atoms with Gasteiger partial charge in [0, 0.05) is 18.7 Å². The van der Waals surface area contributed by atoms with Gasteiger partial charge in [0.2, 0.25) is 5.91 Å². The number of carbonyl (C=O) groups excluding carboxylic acids is 1. The molecule has 0 saturated carbocycles. The summed E-state index contributed by atoms with van der Waals surface area (Å²) in [5.74, 6) is -0.884. The van der Waals surface area contributed by atoms with Crippen LogP contribution in [0.2, 0.25) is 0 Å². The van der Waals surface area contributed by atoms with E-state index in [1.54, 1.807) is 6.92 Å². The summed E-state index contributed by atoms with van der Waals surface area (Å²) in [7, 11) is 0. The molecule has 114 valence electrons. The number of benzene rings is 1. The fraction of sp³-hybridized carbons (Fsp3) is 0.500. The second-order valence-corrected chi connectivity index (χ2v) is 5.69. The smallest absolute Gasteiger partial charge is 0.323 e. The van der Waals surface area contributed by atoms with Gasteiger partial charge in [-0.1, -0.05) is 18.2 Å². The number of likely N-dealkylation sites (tertiary alicyclic amines) is 1. The first-order valence-corrected chi connectivity index (χ1v) is 7.36. The molecule has 1 aromatic carbocycles. The van der Waals surface area contributed by atoms with Crippen molar-refractivity contribution in [2.24, 2.45) is 0 Å². The monoisotopic (exact) mass is 290 g/mol. The molecular formula is C16H22N2O3. The van der Waals surface area contributed by atoms with Crippen molar-refractivity contribution in [2.75, 3.05) is 18.4 Å². The number of para-hydroxylation sites is 1. The molecule has 0 aliphatic carbocycles. The van der Waals surface area contributed by atoms with Gasteiger partial charge >= 0.3 is 5.97 Å². The number of anilines is 1. The number of hydrogen-bond donors (Lipinski definition) is 2. The van der Waals surface area contributed by atoms with Gasteiger partial charge in [-0.3, -0.25) is 14.5 Å². The summed E-state index contributed by atoms with van der Waals surface area (Å²) in [6.07, 6.45) is 2.86. The number of amides is 1. The van der Waals surface area contributed by atoms with Crippen LogP contribution in [0.4, 0.5) is 5.69 Å². The average molecular weight is 290 g/mol. The molecule has 5 nitrogen and oxygen atoms in total. The minimum atomic E-state index is -0.842. The Morgan fingerprint density at radius 1 is 1.29 bits per heavy atom. The molecule has 0 aromatic heterocycles. The third-order valence-electron chi connectivity index (χ3n) is 4.17. The lowest BCUT2D eigenvalue weighted by atomic mass is 9.88. The summed E-state index contributed by atoms with van der Waals surface area (Å²) in [4.78, 5) is 25.4. The van der Waals surface area contributed by atoms with Crippen LogP contribution in [0, 0.1) is 0 Å². The lowest BCUT2D eigenvalue weighted by Crippen LogP contribution is -2.55. The molecule has 0 spiro atoms. The van der Waals surface area contributed by atoms with E-state index < -0.39 is 11.5 Å². The van der Waals surface area contributed by atoms with Gasteiger partial charge in [0.15, 0.2) is 0 Å². The molecule has 21 heavy (non-hydrogen) atoms.